The van der Waals surface area contributed by atoms with E-state index >= 15 is 0 Å². The van der Waals surface area contributed by atoms with Crippen molar-refractivity contribution >= 4 is 10.8 Å². The van der Waals surface area contributed by atoms with Gasteiger partial charge in [-0.1, -0.05) is 6.42 Å². The van der Waals surface area contributed by atoms with E-state index in [1.807, 2.05) is 6.07 Å². The van der Waals surface area contributed by atoms with Gasteiger partial charge in [0, 0.05) is 19.0 Å². The maximum absolute atomic E-state index is 6.22. The normalized spacial score (nSPS) is 15.9. The van der Waals surface area contributed by atoms with Crippen LogP contribution in [-0.2, 0) is 22.4 Å². The summed E-state index contributed by atoms with van der Waals surface area (Å²) >= 11 is 0. The number of pyridine rings is 1. The van der Waals surface area contributed by atoms with Crippen molar-refractivity contribution in [3.63, 3.8) is 0 Å². The average molecular weight is 557 g/mol. The number of nitrogens with zero attached hydrogens (tertiary/aromatic N) is 2. The van der Waals surface area contributed by atoms with Crippen molar-refractivity contribution in [3.8, 4) is 34.3 Å². The highest BCUT2D eigenvalue weighted by Gasteiger charge is 2.28. The Morgan fingerprint density at radius 2 is 1.67 bits per heavy atom. The van der Waals surface area contributed by atoms with Crippen molar-refractivity contribution in [2.45, 2.75) is 32.2 Å². The number of likely N-dealkylation sites (tertiary alicyclic amines) is 1. The molecule has 6 rings (SSSR count). The lowest BCUT2D eigenvalue weighted by Crippen LogP contribution is -3.00. The van der Waals surface area contributed by atoms with Gasteiger partial charge in [0.25, 0.3) is 0 Å². The third-order valence-electron chi connectivity index (χ3n) is 7.64. The van der Waals surface area contributed by atoms with Gasteiger partial charge in [-0.15, -0.1) is 0 Å². The minimum atomic E-state index is 0. The first-order valence-corrected chi connectivity index (χ1v) is 13.8. The van der Waals surface area contributed by atoms with Crippen molar-refractivity contribution in [2.75, 3.05) is 66.6 Å². The number of aryl methyl sites for hydroxylation is 2. The van der Waals surface area contributed by atoms with E-state index in [1.165, 1.54) is 43.5 Å². The number of hydrogen-bond acceptors (Lipinski definition) is 7. The molecule has 8 nitrogen and oxygen atoms in total. The summed E-state index contributed by atoms with van der Waals surface area (Å²) in [5.74, 6) is 3.12. The zero-order valence-electron chi connectivity index (χ0n) is 22.6. The second kappa shape index (κ2) is 13.0. The summed E-state index contributed by atoms with van der Waals surface area (Å²) in [6, 6.07) is 10.5. The van der Waals surface area contributed by atoms with Gasteiger partial charge in [-0.05, 0) is 61.1 Å². The van der Waals surface area contributed by atoms with Crippen LogP contribution in [0.4, 0.5) is 0 Å². The maximum Gasteiger partial charge on any atom is 0.231 e. The van der Waals surface area contributed by atoms with E-state index < -0.39 is 0 Å². The fraction of sp³-hybridized carbons (Fsp3) is 0.500. The molecule has 9 heteroatoms. The Labute approximate surface area is 236 Å². The first-order chi connectivity index (χ1) is 18.8. The van der Waals surface area contributed by atoms with E-state index in [-0.39, 0.29) is 19.2 Å². The number of methoxy groups -OCH3 is 1. The molecular formula is C30H37ClN2O6. The van der Waals surface area contributed by atoms with Crippen LogP contribution in [-0.4, -0.2) is 71.5 Å². The number of halogens is 1. The van der Waals surface area contributed by atoms with Gasteiger partial charge in [-0.25, -0.2) is 0 Å². The molecule has 1 saturated heterocycles. The minimum absolute atomic E-state index is 0. The molecule has 0 unspecified atom stereocenters. The highest BCUT2D eigenvalue weighted by molar-refractivity contribution is 5.91. The van der Waals surface area contributed by atoms with Crippen molar-refractivity contribution < 1.29 is 45.4 Å². The van der Waals surface area contributed by atoms with Crippen LogP contribution in [0.15, 0.2) is 36.5 Å². The zero-order valence-corrected chi connectivity index (χ0v) is 23.3. The molecule has 3 aliphatic rings. The number of rotatable bonds is 11. The Hall–Kier alpha value is -2.78. The van der Waals surface area contributed by atoms with Gasteiger partial charge in [0.05, 0.1) is 44.5 Å². The molecule has 4 heterocycles. The number of fused-ring (bicyclic) bond motifs is 5. The summed E-state index contributed by atoms with van der Waals surface area (Å²) in [6.07, 6.45) is 7.09. The molecule has 0 aliphatic carbocycles. The van der Waals surface area contributed by atoms with Gasteiger partial charge in [-0.2, -0.15) is 4.57 Å². The van der Waals surface area contributed by atoms with Crippen molar-refractivity contribution in [1.82, 2.24) is 4.90 Å². The quantitative estimate of drug-likeness (QED) is 0.258. The van der Waals surface area contributed by atoms with Crippen LogP contribution in [0.2, 0.25) is 0 Å². The van der Waals surface area contributed by atoms with Gasteiger partial charge in [-0.3, -0.25) is 0 Å². The molecule has 1 fully saturated rings. The summed E-state index contributed by atoms with van der Waals surface area (Å²) in [7, 11) is 1.68. The van der Waals surface area contributed by atoms with E-state index in [4.69, 9.17) is 28.4 Å². The SMILES string of the molecule is COc1ccc2cc3[n+](cc2c1OCCOCCOCCN1CCCCC1)CCc1cc2c(cc1-3)OCO2.[Cl-]. The molecule has 0 spiro atoms. The van der Waals surface area contributed by atoms with Crippen molar-refractivity contribution in [2.24, 2.45) is 0 Å². The third-order valence-corrected chi connectivity index (χ3v) is 7.64. The van der Waals surface area contributed by atoms with E-state index in [1.54, 1.807) is 7.11 Å². The van der Waals surface area contributed by atoms with Crippen LogP contribution in [0.5, 0.6) is 23.0 Å². The summed E-state index contributed by atoms with van der Waals surface area (Å²) < 4.78 is 36.9. The highest BCUT2D eigenvalue weighted by Crippen LogP contribution is 2.41. The van der Waals surface area contributed by atoms with E-state index in [0.717, 1.165) is 65.6 Å². The lowest BCUT2D eigenvalue weighted by molar-refractivity contribution is -0.686. The van der Waals surface area contributed by atoms with E-state index in [0.29, 0.717) is 26.4 Å². The Morgan fingerprint density at radius 1 is 0.897 bits per heavy atom. The molecule has 0 N–H and O–H groups in total. The first kappa shape index (κ1) is 27.8. The smallest absolute Gasteiger partial charge is 0.231 e. The number of hydrogen-bond donors (Lipinski definition) is 0. The molecule has 0 bridgehead atoms. The molecule has 0 radical (unpaired) electrons. The molecule has 3 aliphatic heterocycles. The molecule has 2 aromatic carbocycles. The van der Waals surface area contributed by atoms with Gasteiger partial charge in [0.15, 0.2) is 35.7 Å². The summed E-state index contributed by atoms with van der Waals surface area (Å²) in [5, 5.41) is 2.12. The maximum atomic E-state index is 6.22. The van der Waals surface area contributed by atoms with E-state index in [9.17, 15) is 0 Å². The molecule has 0 atom stereocenters. The Morgan fingerprint density at radius 3 is 2.49 bits per heavy atom. The number of ether oxygens (including phenoxy) is 6. The number of benzene rings is 2. The van der Waals surface area contributed by atoms with Crippen molar-refractivity contribution in [3.05, 3.63) is 42.1 Å². The fourth-order valence-electron chi connectivity index (χ4n) is 5.61. The number of piperidine rings is 1. The third kappa shape index (κ3) is 6.19. The second-order valence-electron chi connectivity index (χ2n) is 10.0. The summed E-state index contributed by atoms with van der Waals surface area (Å²) in [5.41, 5.74) is 3.63. The van der Waals surface area contributed by atoms with Gasteiger partial charge >= 0.3 is 0 Å². The standard InChI is InChI=1S/C30H37N2O6.ClH/c1-33-27-6-5-22-17-26-24-19-29-28(37-21-38-29)18-23(24)7-10-32(26)20-25(22)30(27)36-16-15-35-14-13-34-12-11-31-8-3-2-4-9-31;/h5-6,17-20H,2-4,7-16,21H2,1H3;1H/q+1;/p-1. The fourth-order valence-corrected chi connectivity index (χ4v) is 5.61. The highest BCUT2D eigenvalue weighted by atomic mass is 35.5. The van der Waals surface area contributed by atoms with Crippen LogP contribution >= 0.6 is 0 Å². The molecule has 39 heavy (non-hydrogen) atoms. The molecule has 0 amide bonds. The van der Waals surface area contributed by atoms with Crippen LogP contribution < -0.4 is 35.9 Å². The monoisotopic (exact) mass is 556 g/mol. The average Bonchev–Trinajstić information content (AvgIpc) is 3.42. The zero-order chi connectivity index (χ0) is 25.7. The van der Waals surface area contributed by atoms with Crippen LogP contribution in [0.3, 0.4) is 0 Å². The molecule has 210 valence electrons. The summed E-state index contributed by atoms with van der Waals surface area (Å²) in [6.45, 7) is 7.47. The van der Waals surface area contributed by atoms with Crippen molar-refractivity contribution in [1.29, 1.82) is 0 Å². The van der Waals surface area contributed by atoms with Crippen LogP contribution in [0.25, 0.3) is 22.0 Å². The number of aromatic nitrogens is 1. The van der Waals surface area contributed by atoms with Gasteiger partial charge in [0.2, 0.25) is 12.5 Å². The van der Waals surface area contributed by atoms with Crippen LogP contribution in [0.1, 0.15) is 24.8 Å². The molecule has 3 aromatic rings. The Bertz CT molecular complexity index is 1280. The Kier molecular flexibility index (Phi) is 9.29. The van der Waals surface area contributed by atoms with Gasteiger partial charge < -0.3 is 45.7 Å². The largest absolute Gasteiger partial charge is 1.00 e. The molecule has 0 saturated carbocycles. The molecular weight excluding hydrogens is 520 g/mol. The minimum Gasteiger partial charge on any atom is -1.00 e. The summed E-state index contributed by atoms with van der Waals surface area (Å²) in [4.78, 5) is 2.49. The Balaban J connectivity index is 0.00000308. The van der Waals surface area contributed by atoms with Gasteiger partial charge in [0.1, 0.15) is 6.61 Å². The van der Waals surface area contributed by atoms with E-state index in [2.05, 4.69) is 39.9 Å². The first-order valence-electron chi connectivity index (χ1n) is 13.8. The van der Waals surface area contributed by atoms with Crippen LogP contribution in [0, 0.1) is 0 Å². The predicted molar refractivity (Wildman–Crippen MR) is 143 cm³/mol. The lowest BCUT2D eigenvalue weighted by Gasteiger charge is -2.26. The predicted octanol–water partition coefficient (Wildman–Crippen LogP) is 0.990. The lowest BCUT2D eigenvalue weighted by atomic mass is 9.95. The topological polar surface area (TPSA) is 62.5 Å². The second-order valence-corrected chi connectivity index (χ2v) is 10.0. The molecule has 1 aromatic heterocycles.